The molecule has 0 spiro atoms. The largest absolute Gasteiger partial charge is 0.344 e. The van der Waals surface area contributed by atoms with Gasteiger partial charge in [-0.15, -0.1) is 0 Å². The van der Waals surface area contributed by atoms with Crippen LogP contribution in [0.25, 0.3) is 0 Å². The van der Waals surface area contributed by atoms with E-state index in [9.17, 15) is 4.79 Å². The summed E-state index contributed by atoms with van der Waals surface area (Å²) in [5.41, 5.74) is 0. The number of hydrogen-bond donors (Lipinski definition) is 1. The van der Waals surface area contributed by atoms with Crippen LogP contribution in [0.1, 0.15) is 13.8 Å². The molecule has 1 N–H and O–H groups in total. The zero-order valence-electron chi connectivity index (χ0n) is 6.76. The fourth-order valence-corrected chi connectivity index (χ4v) is 0.685. The maximum atomic E-state index is 10.2. The summed E-state index contributed by atoms with van der Waals surface area (Å²) in [5, 5.41) is 3.15. The summed E-state index contributed by atoms with van der Waals surface area (Å²) in [6, 6.07) is 0. The van der Waals surface area contributed by atoms with Crippen LogP contribution < -0.4 is 5.32 Å². The Bertz CT molecular complexity index is 85.7. The van der Waals surface area contributed by atoms with Gasteiger partial charge in [-0.2, -0.15) is 0 Å². The van der Waals surface area contributed by atoms with E-state index >= 15 is 0 Å². The van der Waals surface area contributed by atoms with Gasteiger partial charge in [-0.3, -0.25) is 4.79 Å². The van der Waals surface area contributed by atoms with Crippen molar-refractivity contribution in [1.29, 1.82) is 0 Å². The van der Waals surface area contributed by atoms with E-state index in [0.717, 1.165) is 32.6 Å². The zero-order chi connectivity index (χ0) is 7.82. The molecule has 0 aliphatic rings. The Kier molecular flexibility index (Phi) is 6.18. The molecule has 0 atom stereocenters. The summed E-state index contributed by atoms with van der Waals surface area (Å²) in [5.74, 6) is 0. The molecule has 0 aliphatic carbocycles. The number of rotatable bonds is 6. The molecular formula is C7H16N2O. The quantitative estimate of drug-likeness (QED) is 0.423. The minimum absolute atomic E-state index is 0.800. The first-order chi connectivity index (χ1) is 4.85. The maximum absolute atomic E-state index is 10.2. The summed E-state index contributed by atoms with van der Waals surface area (Å²) in [4.78, 5) is 12.0. The molecule has 0 saturated heterocycles. The molecule has 0 aromatic rings. The van der Waals surface area contributed by atoms with Crippen molar-refractivity contribution < 1.29 is 4.79 Å². The van der Waals surface area contributed by atoms with Crippen LogP contribution in [-0.4, -0.2) is 37.5 Å². The average molecular weight is 144 g/mol. The monoisotopic (exact) mass is 144 g/mol. The number of carbonyl (C=O) groups is 1. The van der Waals surface area contributed by atoms with E-state index in [1.807, 2.05) is 6.92 Å². The summed E-state index contributed by atoms with van der Waals surface area (Å²) in [6.07, 6.45) is 0.886. The number of nitrogens with one attached hydrogen (secondary N) is 1. The fourth-order valence-electron chi connectivity index (χ4n) is 0.685. The number of hydrogen-bond acceptors (Lipinski definition) is 2. The lowest BCUT2D eigenvalue weighted by Gasteiger charge is -2.13. The van der Waals surface area contributed by atoms with Gasteiger partial charge in [-0.05, 0) is 13.5 Å². The van der Waals surface area contributed by atoms with Crippen molar-refractivity contribution in [2.45, 2.75) is 13.8 Å². The highest BCUT2D eigenvalue weighted by molar-refractivity contribution is 5.46. The van der Waals surface area contributed by atoms with Gasteiger partial charge in [0.2, 0.25) is 6.41 Å². The Morgan fingerprint density at radius 2 is 2.20 bits per heavy atom. The molecule has 0 aromatic heterocycles. The smallest absolute Gasteiger partial charge is 0.209 e. The van der Waals surface area contributed by atoms with Crippen molar-refractivity contribution in [2.75, 3.05) is 26.2 Å². The molecule has 0 unspecified atom stereocenters. The third kappa shape index (κ3) is 4.32. The lowest BCUT2D eigenvalue weighted by molar-refractivity contribution is -0.117. The molecule has 0 aromatic carbocycles. The third-order valence-electron chi connectivity index (χ3n) is 1.38. The van der Waals surface area contributed by atoms with Gasteiger partial charge in [0, 0.05) is 19.6 Å². The number of nitrogens with zero attached hydrogens (tertiary/aromatic N) is 1. The molecule has 60 valence electrons. The van der Waals surface area contributed by atoms with Gasteiger partial charge < -0.3 is 10.2 Å². The zero-order valence-corrected chi connectivity index (χ0v) is 6.76. The SMILES string of the molecule is CCNCCN(C=O)CC. The number of carbonyl (C=O) groups excluding carboxylic acids is 1. The van der Waals surface area contributed by atoms with Crippen molar-refractivity contribution in [3.63, 3.8) is 0 Å². The second-order valence-electron chi connectivity index (χ2n) is 2.09. The van der Waals surface area contributed by atoms with Crippen LogP contribution in [0, 0.1) is 0 Å². The minimum atomic E-state index is 0.800. The van der Waals surface area contributed by atoms with E-state index in [1.54, 1.807) is 4.90 Å². The lowest BCUT2D eigenvalue weighted by Crippen LogP contribution is -2.30. The highest BCUT2D eigenvalue weighted by Crippen LogP contribution is 1.78. The van der Waals surface area contributed by atoms with Gasteiger partial charge in [0.05, 0.1) is 0 Å². The van der Waals surface area contributed by atoms with E-state index in [0.29, 0.717) is 0 Å². The first kappa shape index (κ1) is 9.43. The second kappa shape index (κ2) is 6.55. The summed E-state index contributed by atoms with van der Waals surface area (Å²) >= 11 is 0. The van der Waals surface area contributed by atoms with Crippen LogP contribution in [0.2, 0.25) is 0 Å². The van der Waals surface area contributed by atoms with Gasteiger partial charge in [0.1, 0.15) is 0 Å². The molecule has 0 rings (SSSR count). The Balaban J connectivity index is 3.17. The van der Waals surface area contributed by atoms with Crippen molar-refractivity contribution in [3.05, 3.63) is 0 Å². The molecule has 0 fully saturated rings. The minimum Gasteiger partial charge on any atom is -0.344 e. The van der Waals surface area contributed by atoms with Crippen LogP contribution >= 0.6 is 0 Å². The summed E-state index contributed by atoms with van der Waals surface area (Å²) in [7, 11) is 0. The Hall–Kier alpha value is -0.570. The molecule has 0 saturated carbocycles. The molecule has 0 bridgehead atoms. The maximum Gasteiger partial charge on any atom is 0.209 e. The third-order valence-corrected chi connectivity index (χ3v) is 1.38. The molecule has 1 amide bonds. The summed E-state index contributed by atoms with van der Waals surface area (Å²) in [6.45, 7) is 7.50. The second-order valence-corrected chi connectivity index (χ2v) is 2.09. The van der Waals surface area contributed by atoms with Crippen molar-refractivity contribution >= 4 is 6.41 Å². The first-order valence-electron chi connectivity index (χ1n) is 3.75. The lowest BCUT2D eigenvalue weighted by atomic mass is 10.5. The molecule has 0 radical (unpaired) electrons. The predicted octanol–water partition coefficient (Wildman–Crippen LogP) is 0.0742. The van der Waals surface area contributed by atoms with Crippen molar-refractivity contribution in [2.24, 2.45) is 0 Å². The van der Waals surface area contributed by atoms with Gasteiger partial charge in [0.15, 0.2) is 0 Å². The topological polar surface area (TPSA) is 32.3 Å². The number of likely N-dealkylation sites (N-methyl/N-ethyl adjacent to an activating group) is 2. The predicted molar refractivity (Wildman–Crippen MR) is 41.9 cm³/mol. The van der Waals surface area contributed by atoms with Gasteiger partial charge >= 0.3 is 0 Å². The molecule has 0 aliphatic heterocycles. The van der Waals surface area contributed by atoms with E-state index in [-0.39, 0.29) is 0 Å². The van der Waals surface area contributed by atoms with Gasteiger partial charge in [-0.1, -0.05) is 6.92 Å². The first-order valence-corrected chi connectivity index (χ1v) is 3.75. The Morgan fingerprint density at radius 1 is 1.50 bits per heavy atom. The average Bonchev–Trinajstić information content (AvgIpc) is 1.99. The van der Waals surface area contributed by atoms with Crippen molar-refractivity contribution in [3.8, 4) is 0 Å². The highest BCUT2D eigenvalue weighted by Gasteiger charge is 1.94. The Morgan fingerprint density at radius 3 is 2.60 bits per heavy atom. The fraction of sp³-hybridized carbons (Fsp3) is 0.857. The molecule has 10 heavy (non-hydrogen) atoms. The van der Waals surface area contributed by atoms with E-state index in [2.05, 4.69) is 12.2 Å². The van der Waals surface area contributed by atoms with Crippen LogP contribution in [0.15, 0.2) is 0 Å². The normalized spacial score (nSPS) is 9.40. The van der Waals surface area contributed by atoms with Crippen LogP contribution in [-0.2, 0) is 4.79 Å². The highest BCUT2D eigenvalue weighted by atomic mass is 16.1. The van der Waals surface area contributed by atoms with Crippen LogP contribution in [0.3, 0.4) is 0 Å². The van der Waals surface area contributed by atoms with Gasteiger partial charge in [0.25, 0.3) is 0 Å². The van der Waals surface area contributed by atoms with Crippen molar-refractivity contribution in [1.82, 2.24) is 10.2 Å². The van der Waals surface area contributed by atoms with E-state index < -0.39 is 0 Å². The van der Waals surface area contributed by atoms with E-state index in [1.165, 1.54) is 0 Å². The molecule has 0 heterocycles. The van der Waals surface area contributed by atoms with E-state index in [4.69, 9.17) is 0 Å². The number of amides is 1. The van der Waals surface area contributed by atoms with Gasteiger partial charge in [-0.25, -0.2) is 0 Å². The standard InChI is InChI=1S/C7H16N2O/c1-3-8-5-6-9(4-2)7-10/h7-8H,3-6H2,1-2H3. The van der Waals surface area contributed by atoms with Crippen LogP contribution in [0.5, 0.6) is 0 Å². The molecular weight excluding hydrogens is 128 g/mol. The van der Waals surface area contributed by atoms with Crippen LogP contribution in [0.4, 0.5) is 0 Å². The molecule has 3 nitrogen and oxygen atoms in total. The molecule has 3 heteroatoms. The Labute approximate surface area is 62.4 Å². The summed E-state index contributed by atoms with van der Waals surface area (Å²) < 4.78 is 0.